The van der Waals surface area contributed by atoms with Gasteiger partial charge >= 0.3 is 5.97 Å². The van der Waals surface area contributed by atoms with Crippen LogP contribution in [0.5, 0.6) is 0 Å². The number of hydrogen-bond donors (Lipinski definition) is 1. The summed E-state index contributed by atoms with van der Waals surface area (Å²) in [6.07, 6.45) is 1.94. The summed E-state index contributed by atoms with van der Waals surface area (Å²) in [5.41, 5.74) is 0.769. The van der Waals surface area contributed by atoms with Crippen molar-refractivity contribution >= 4 is 39.7 Å². The van der Waals surface area contributed by atoms with E-state index in [1.54, 1.807) is 17.8 Å². The van der Waals surface area contributed by atoms with Crippen LogP contribution < -0.4 is 5.43 Å². The zero-order valence-electron chi connectivity index (χ0n) is 10.5. The molecule has 0 amide bonds. The van der Waals surface area contributed by atoms with Crippen molar-refractivity contribution in [3.63, 3.8) is 0 Å². The first-order valence-corrected chi connectivity index (χ1v) is 7.10. The average Bonchev–Trinajstić information content (AvgIpc) is 2.46. The first-order valence-electron chi connectivity index (χ1n) is 5.88. The van der Waals surface area contributed by atoms with Crippen LogP contribution in [0.1, 0.15) is 10.4 Å². The molecule has 2 aromatic carbocycles. The maximum Gasteiger partial charge on any atom is 0.335 e. The number of benzene rings is 2. The van der Waals surface area contributed by atoms with Gasteiger partial charge < -0.3 is 9.52 Å². The fraction of sp³-hybridized carbons (Fsp3) is 0.0667. The lowest BCUT2D eigenvalue weighted by Crippen LogP contribution is -2.04. The summed E-state index contributed by atoms with van der Waals surface area (Å²) in [7, 11) is 0. The zero-order chi connectivity index (χ0) is 14.3. The van der Waals surface area contributed by atoms with Crippen LogP contribution in [0, 0.1) is 0 Å². The molecule has 5 heteroatoms. The standard InChI is InChI=1S/C15H10O4S/c1-20-9-3-4-10-13(7-9)19-12-5-2-8(15(17)18)6-11(12)14(10)16/h2-7H,1H3,(H,17,18). The third-order valence-electron chi connectivity index (χ3n) is 3.12. The second-order valence-corrected chi connectivity index (χ2v) is 5.19. The second-order valence-electron chi connectivity index (χ2n) is 4.31. The Hall–Kier alpha value is -2.27. The van der Waals surface area contributed by atoms with Gasteiger partial charge in [-0.15, -0.1) is 11.8 Å². The molecule has 0 aliphatic rings. The maximum atomic E-state index is 12.4. The number of hydrogen-bond acceptors (Lipinski definition) is 4. The van der Waals surface area contributed by atoms with Gasteiger partial charge in [0.1, 0.15) is 11.2 Å². The molecule has 0 aliphatic carbocycles. The van der Waals surface area contributed by atoms with Gasteiger partial charge in [-0.2, -0.15) is 0 Å². The van der Waals surface area contributed by atoms with Gasteiger partial charge in [0.25, 0.3) is 0 Å². The van der Waals surface area contributed by atoms with Gasteiger partial charge in [-0.25, -0.2) is 4.79 Å². The van der Waals surface area contributed by atoms with Crippen LogP contribution in [0.4, 0.5) is 0 Å². The summed E-state index contributed by atoms with van der Waals surface area (Å²) in [5.74, 6) is -1.07. The van der Waals surface area contributed by atoms with Gasteiger partial charge in [0, 0.05) is 4.90 Å². The molecule has 0 unspecified atom stereocenters. The topological polar surface area (TPSA) is 67.5 Å². The molecule has 0 spiro atoms. The van der Waals surface area contributed by atoms with E-state index < -0.39 is 5.97 Å². The van der Waals surface area contributed by atoms with Gasteiger partial charge in [0.15, 0.2) is 0 Å². The molecule has 20 heavy (non-hydrogen) atoms. The third kappa shape index (κ3) is 1.96. The highest BCUT2D eigenvalue weighted by atomic mass is 32.2. The molecule has 100 valence electrons. The molecule has 0 saturated heterocycles. The molecule has 0 fully saturated rings. The number of rotatable bonds is 2. The summed E-state index contributed by atoms with van der Waals surface area (Å²) in [6, 6.07) is 9.66. The van der Waals surface area contributed by atoms with E-state index in [4.69, 9.17) is 9.52 Å². The van der Waals surface area contributed by atoms with Crippen LogP contribution in [-0.4, -0.2) is 17.3 Å². The molecule has 1 aromatic heterocycles. The van der Waals surface area contributed by atoms with Crippen molar-refractivity contribution in [1.82, 2.24) is 0 Å². The second kappa shape index (κ2) is 4.68. The van der Waals surface area contributed by atoms with E-state index in [1.807, 2.05) is 18.4 Å². The Balaban J connectivity index is 2.40. The quantitative estimate of drug-likeness (QED) is 0.578. The van der Waals surface area contributed by atoms with Crippen molar-refractivity contribution in [1.29, 1.82) is 0 Å². The van der Waals surface area contributed by atoms with Crippen LogP contribution in [0.2, 0.25) is 0 Å². The highest BCUT2D eigenvalue weighted by Crippen LogP contribution is 2.24. The van der Waals surface area contributed by atoms with Crippen molar-refractivity contribution < 1.29 is 14.3 Å². The molecular formula is C15H10O4S. The van der Waals surface area contributed by atoms with Gasteiger partial charge in [-0.1, -0.05) is 0 Å². The summed E-state index contributed by atoms with van der Waals surface area (Å²) < 4.78 is 5.70. The van der Waals surface area contributed by atoms with Gasteiger partial charge in [-0.05, 0) is 42.7 Å². The fourth-order valence-corrected chi connectivity index (χ4v) is 2.52. The van der Waals surface area contributed by atoms with E-state index >= 15 is 0 Å². The molecular weight excluding hydrogens is 276 g/mol. The number of thioether (sulfide) groups is 1. The van der Waals surface area contributed by atoms with Crippen molar-refractivity contribution in [3.05, 3.63) is 52.2 Å². The van der Waals surface area contributed by atoms with Crippen LogP contribution in [-0.2, 0) is 0 Å². The lowest BCUT2D eigenvalue weighted by Gasteiger charge is -2.03. The Bertz CT molecular complexity index is 895. The predicted molar refractivity (Wildman–Crippen MR) is 78.7 cm³/mol. The lowest BCUT2D eigenvalue weighted by atomic mass is 10.1. The Morgan fingerprint density at radius 2 is 1.90 bits per heavy atom. The largest absolute Gasteiger partial charge is 0.478 e. The molecule has 4 nitrogen and oxygen atoms in total. The molecule has 0 bridgehead atoms. The monoisotopic (exact) mass is 286 g/mol. The summed E-state index contributed by atoms with van der Waals surface area (Å²) in [6.45, 7) is 0. The minimum Gasteiger partial charge on any atom is -0.478 e. The van der Waals surface area contributed by atoms with Crippen LogP contribution >= 0.6 is 11.8 Å². The van der Waals surface area contributed by atoms with E-state index in [1.165, 1.54) is 18.2 Å². The van der Waals surface area contributed by atoms with Crippen molar-refractivity contribution in [3.8, 4) is 0 Å². The van der Waals surface area contributed by atoms with E-state index in [0.29, 0.717) is 16.6 Å². The van der Waals surface area contributed by atoms with E-state index in [-0.39, 0.29) is 16.4 Å². The highest BCUT2D eigenvalue weighted by molar-refractivity contribution is 7.98. The van der Waals surface area contributed by atoms with E-state index in [9.17, 15) is 9.59 Å². The number of carboxylic acids is 1. The molecule has 1 N–H and O–H groups in total. The number of aromatic carboxylic acids is 1. The van der Waals surface area contributed by atoms with Gasteiger partial charge in [0.05, 0.1) is 16.3 Å². The summed E-state index contributed by atoms with van der Waals surface area (Å²) >= 11 is 1.56. The molecule has 3 aromatic rings. The molecule has 0 radical (unpaired) electrons. The normalized spacial score (nSPS) is 11.1. The molecule has 1 heterocycles. The van der Waals surface area contributed by atoms with E-state index in [2.05, 4.69) is 0 Å². The number of carbonyl (C=O) groups is 1. The lowest BCUT2D eigenvalue weighted by molar-refractivity contribution is 0.0697. The Morgan fingerprint density at radius 3 is 2.60 bits per heavy atom. The van der Waals surface area contributed by atoms with Crippen LogP contribution in [0.3, 0.4) is 0 Å². The van der Waals surface area contributed by atoms with E-state index in [0.717, 1.165) is 4.90 Å². The Morgan fingerprint density at radius 1 is 1.10 bits per heavy atom. The highest BCUT2D eigenvalue weighted by Gasteiger charge is 2.11. The molecule has 0 aliphatic heterocycles. The molecule has 0 saturated carbocycles. The Kier molecular flexibility index (Phi) is 2.99. The first-order chi connectivity index (χ1) is 9.60. The van der Waals surface area contributed by atoms with Crippen LogP contribution in [0.15, 0.2) is 50.5 Å². The average molecular weight is 286 g/mol. The summed E-state index contributed by atoms with van der Waals surface area (Å²) in [4.78, 5) is 24.4. The minimum atomic E-state index is -1.07. The maximum absolute atomic E-state index is 12.4. The molecule has 0 atom stereocenters. The smallest absolute Gasteiger partial charge is 0.335 e. The van der Waals surface area contributed by atoms with Crippen molar-refractivity contribution in [2.45, 2.75) is 4.90 Å². The van der Waals surface area contributed by atoms with Crippen LogP contribution in [0.25, 0.3) is 21.9 Å². The molecule has 3 rings (SSSR count). The summed E-state index contributed by atoms with van der Waals surface area (Å²) in [5, 5.41) is 9.72. The van der Waals surface area contributed by atoms with Crippen molar-refractivity contribution in [2.75, 3.05) is 6.26 Å². The Labute approximate surface area is 118 Å². The van der Waals surface area contributed by atoms with Crippen molar-refractivity contribution in [2.24, 2.45) is 0 Å². The fourth-order valence-electron chi connectivity index (χ4n) is 2.09. The SMILES string of the molecule is CSc1ccc2c(=O)c3cc(C(=O)O)ccc3oc2c1. The first kappa shape index (κ1) is 12.7. The predicted octanol–water partition coefficient (Wildman–Crippen LogP) is 3.37. The number of fused-ring (bicyclic) bond motifs is 2. The van der Waals surface area contributed by atoms with Gasteiger partial charge in [-0.3, -0.25) is 4.79 Å². The zero-order valence-corrected chi connectivity index (χ0v) is 11.4. The minimum absolute atomic E-state index is 0.0740. The third-order valence-corrected chi connectivity index (χ3v) is 3.85. The number of carboxylic acid groups (broad SMARTS) is 1. The van der Waals surface area contributed by atoms with Gasteiger partial charge in [0.2, 0.25) is 5.43 Å².